The Morgan fingerprint density at radius 2 is 1.92 bits per heavy atom. The Bertz CT molecular complexity index is 1150. The number of hydrogen-bond acceptors (Lipinski definition) is 7. The summed E-state index contributed by atoms with van der Waals surface area (Å²) in [5.74, 6) is 0.255. The maximum atomic E-state index is 10.7. The number of aromatic nitrogens is 4. The zero-order chi connectivity index (χ0) is 18.1. The van der Waals surface area contributed by atoms with E-state index in [4.69, 9.17) is 0 Å². The number of nitrogens with one attached hydrogen (secondary N) is 2. The minimum atomic E-state index is -0.441. The third-order valence-electron chi connectivity index (χ3n) is 3.94. The van der Waals surface area contributed by atoms with Crippen LogP contribution < -0.4 is 5.43 Å². The predicted molar refractivity (Wildman–Crippen MR) is 98.1 cm³/mol. The quantitative estimate of drug-likeness (QED) is 0.332. The molecule has 128 valence electrons. The molecule has 0 bridgehead atoms. The summed E-state index contributed by atoms with van der Waals surface area (Å²) >= 11 is 0. The molecule has 0 aliphatic carbocycles. The lowest BCUT2D eigenvalue weighted by Crippen LogP contribution is -2.03. The topological polar surface area (TPSA) is 122 Å². The van der Waals surface area contributed by atoms with Gasteiger partial charge in [-0.05, 0) is 30.7 Å². The van der Waals surface area contributed by atoms with Crippen LogP contribution in [0.5, 0.6) is 0 Å². The minimum absolute atomic E-state index is 0.0336. The van der Waals surface area contributed by atoms with Crippen LogP contribution in [0.4, 0.5) is 11.6 Å². The Balaban J connectivity index is 1.59. The van der Waals surface area contributed by atoms with Crippen molar-refractivity contribution in [2.45, 2.75) is 6.92 Å². The number of benzene rings is 2. The zero-order valence-corrected chi connectivity index (χ0v) is 13.7. The van der Waals surface area contributed by atoms with Gasteiger partial charge in [-0.1, -0.05) is 18.2 Å². The molecule has 0 aliphatic rings. The average Bonchev–Trinajstić information content (AvgIpc) is 3.04. The molecule has 9 heteroatoms. The van der Waals surface area contributed by atoms with Crippen molar-refractivity contribution < 1.29 is 4.92 Å². The molecule has 2 aromatic carbocycles. The lowest BCUT2D eigenvalue weighted by Gasteiger charge is -2.02. The minimum Gasteiger partial charge on any atom is -0.338 e. The van der Waals surface area contributed by atoms with E-state index >= 15 is 0 Å². The van der Waals surface area contributed by atoms with Crippen molar-refractivity contribution in [1.82, 2.24) is 20.2 Å². The first-order valence-corrected chi connectivity index (χ1v) is 7.78. The van der Waals surface area contributed by atoms with E-state index in [1.165, 1.54) is 12.1 Å². The van der Waals surface area contributed by atoms with E-state index in [1.807, 2.05) is 24.3 Å². The molecular formula is C17H13N7O2. The zero-order valence-electron chi connectivity index (χ0n) is 13.7. The van der Waals surface area contributed by atoms with Gasteiger partial charge in [-0.15, -0.1) is 10.2 Å². The highest BCUT2D eigenvalue weighted by atomic mass is 16.6. The molecule has 9 nitrogen and oxygen atoms in total. The Morgan fingerprint density at radius 1 is 1.15 bits per heavy atom. The van der Waals surface area contributed by atoms with Gasteiger partial charge in [0.15, 0.2) is 5.65 Å². The van der Waals surface area contributed by atoms with Gasteiger partial charge in [-0.25, -0.2) is 5.43 Å². The van der Waals surface area contributed by atoms with Gasteiger partial charge in [-0.3, -0.25) is 10.1 Å². The van der Waals surface area contributed by atoms with Crippen LogP contribution in [0.1, 0.15) is 12.5 Å². The van der Waals surface area contributed by atoms with E-state index in [0.717, 1.165) is 16.5 Å². The van der Waals surface area contributed by atoms with E-state index in [-0.39, 0.29) is 11.6 Å². The summed E-state index contributed by atoms with van der Waals surface area (Å²) in [4.78, 5) is 17.8. The molecule has 0 atom stereocenters. The van der Waals surface area contributed by atoms with E-state index in [1.54, 1.807) is 19.1 Å². The molecule has 0 saturated heterocycles. The summed E-state index contributed by atoms with van der Waals surface area (Å²) in [6.45, 7) is 1.78. The standard InChI is InChI=1S/C17H13N7O2/c1-10(11-6-8-12(9-7-11)24(25)26)20-22-17-19-16-15(21-23-17)13-4-2-3-5-14(13)18-16/h2-9H,1H3,(H2,18,19,22,23)/b20-10+. The van der Waals surface area contributed by atoms with Crippen molar-refractivity contribution in [2.75, 3.05) is 5.43 Å². The molecule has 2 heterocycles. The van der Waals surface area contributed by atoms with Crippen LogP contribution in [0.2, 0.25) is 0 Å². The molecule has 4 rings (SSSR count). The van der Waals surface area contributed by atoms with Gasteiger partial charge in [0.1, 0.15) is 5.52 Å². The van der Waals surface area contributed by atoms with E-state index in [9.17, 15) is 10.1 Å². The third-order valence-corrected chi connectivity index (χ3v) is 3.94. The first-order chi connectivity index (χ1) is 12.6. The van der Waals surface area contributed by atoms with Crippen molar-refractivity contribution >= 4 is 39.4 Å². The fourth-order valence-electron chi connectivity index (χ4n) is 2.59. The van der Waals surface area contributed by atoms with Crippen LogP contribution in [-0.2, 0) is 0 Å². The fraction of sp³-hybridized carbons (Fsp3) is 0.0588. The molecule has 0 spiro atoms. The largest absolute Gasteiger partial charge is 0.338 e. The number of hydrazone groups is 1. The monoisotopic (exact) mass is 347 g/mol. The SMILES string of the molecule is C/C(=N\Nc1nnc2c(n1)[nH]c1ccccc12)c1ccc([N+](=O)[O-])cc1. The van der Waals surface area contributed by atoms with Gasteiger partial charge in [0.05, 0.1) is 10.6 Å². The molecule has 4 aromatic rings. The first-order valence-electron chi connectivity index (χ1n) is 7.78. The van der Waals surface area contributed by atoms with Gasteiger partial charge in [-0.2, -0.15) is 10.1 Å². The number of aromatic amines is 1. The maximum absolute atomic E-state index is 10.7. The highest BCUT2D eigenvalue weighted by Gasteiger charge is 2.09. The van der Waals surface area contributed by atoms with Crippen molar-refractivity contribution in [1.29, 1.82) is 0 Å². The predicted octanol–water partition coefficient (Wildman–Crippen LogP) is 3.25. The highest BCUT2D eigenvalue weighted by molar-refractivity contribution is 6.03. The number of fused-ring (bicyclic) bond motifs is 3. The molecule has 0 radical (unpaired) electrons. The number of nitro groups is 1. The van der Waals surface area contributed by atoms with Crippen LogP contribution in [0.3, 0.4) is 0 Å². The Kier molecular flexibility index (Phi) is 3.73. The van der Waals surface area contributed by atoms with E-state index in [0.29, 0.717) is 16.9 Å². The molecule has 2 N–H and O–H groups in total. The number of para-hydroxylation sites is 1. The second-order valence-corrected chi connectivity index (χ2v) is 5.62. The molecule has 0 unspecified atom stereocenters. The third kappa shape index (κ3) is 2.81. The van der Waals surface area contributed by atoms with Crippen molar-refractivity contribution in [3.63, 3.8) is 0 Å². The molecule has 0 saturated carbocycles. The molecule has 0 aliphatic heterocycles. The summed E-state index contributed by atoms with van der Waals surface area (Å²) in [7, 11) is 0. The van der Waals surface area contributed by atoms with E-state index in [2.05, 4.69) is 30.7 Å². The fourth-order valence-corrected chi connectivity index (χ4v) is 2.59. The summed E-state index contributed by atoms with van der Waals surface area (Å²) in [5.41, 5.74) is 6.44. The van der Waals surface area contributed by atoms with Crippen LogP contribution in [0, 0.1) is 10.1 Å². The van der Waals surface area contributed by atoms with Gasteiger partial charge < -0.3 is 4.98 Å². The number of H-pyrrole nitrogens is 1. The second kappa shape index (κ2) is 6.20. The Hall–Kier alpha value is -3.88. The number of anilines is 1. The summed E-state index contributed by atoms with van der Waals surface area (Å²) in [5, 5.41) is 24.1. The Morgan fingerprint density at radius 3 is 2.69 bits per heavy atom. The lowest BCUT2D eigenvalue weighted by atomic mass is 10.1. The van der Waals surface area contributed by atoms with Crippen molar-refractivity contribution in [3.05, 3.63) is 64.2 Å². The normalized spacial score (nSPS) is 11.8. The Labute approximate surface area is 146 Å². The summed E-state index contributed by atoms with van der Waals surface area (Å²) in [6.07, 6.45) is 0. The maximum Gasteiger partial charge on any atom is 0.269 e. The van der Waals surface area contributed by atoms with Crippen LogP contribution >= 0.6 is 0 Å². The molecule has 0 fully saturated rings. The summed E-state index contributed by atoms with van der Waals surface area (Å²) < 4.78 is 0. The van der Waals surface area contributed by atoms with Crippen LogP contribution in [0.15, 0.2) is 53.6 Å². The second-order valence-electron chi connectivity index (χ2n) is 5.62. The molecule has 0 amide bonds. The number of nitrogens with zero attached hydrogens (tertiary/aromatic N) is 5. The van der Waals surface area contributed by atoms with Gasteiger partial charge in [0.2, 0.25) is 0 Å². The van der Waals surface area contributed by atoms with Gasteiger partial charge in [0.25, 0.3) is 11.6 Å². The number of nitro benzene ring substituents is 1. The summed E-state index contributed by atoms with van der Waals surface area (Å²) in [6, 6.07) is 13.9. The van der Waals surface area contributed by atoms with Gasteiger partial charge in [0, 0.05) is 23.0 Å². The van der Waals surface area contributed by atoms with Crippen LogP contribution in [0.25, 0.3) is 22.1 Å². The number of non-ortho nitro benzene ring substituents is 1. The van der Waals surface area contributed by atoms with E-state index < -0.39 is 4.92 Å². The number of hydrogen-bond donors (Lipinski definition) is 2. The van der Waals surface area contributed by atoms with Crippen molar-refractivity contribution in [2.24, 2.45) is 5.10 Å². The first kappa shape index (κ1) is 15.6. The number of rotatable bonds is 4. The molecular weight excluding hydrogens is 334 g/mol. The average molecular weight is 347 g/mol. The lowest BCUT2D eigenvalue weighted by molar-refractivity contribution is -0.384. The van der Waals surface area contributed by atoms with Crippen molar-refractivity contribution in [3.8, 4) is 0 Å². The van der Waals surface area contributed by atoms with Crippen LogP contribution in [-0.4, -0.2) is 30.8 Å². The molecule has 2 aromatic heterocycles. The molecule has 26 heavy (non-hydrogen) atoms. The van der Waals surface area contributed by atoms with Gasteiger partial charge >= 0.3 is 0 Å². The highest BCUT2D eigenvalue weighted by Crippen LogP contribution is 2.21. The smallest absolute Gasteiger partial charge is 0.269 e.